The second-order valence-corrected chi connectivity index (χ2v) is 20.3. The lowest BCUT2D eigenvalue weighted by Gasteiger charge is -2.45. The zero-order chi connectivity index (χ0) is 45.7. The highest BCUT2D eigenvalue weighted by Crippen LogP contribution is 2.55. The third-order valence-electron chi connectivity index (χ3n) is 15.8. The molecule has 0 spiro atoms. The van der Waals surface area contributed by atoms with Crippen molar-refractivity contribution in [3.05, 3.63) is 245 Å². The maximum Gasteiger partial charge on any atom is 0.0566 e. The van der Waals surface area contributed by atoms with Crippen molar-refractivity contribution in [2.45, 2.75) is 63.8 Å². The van der Waals surface area contributed by atoms with Crippen molar-refractivity contribution >= 4 is 50.4 Å². The number of para-hydroxylation sites is 3. The van der Waals surface area contributed by atoms with Crippen molar-refractivity contribution in [2.24, 2.45) is 0 Å². The molecule has 0 radical (unpaired) electrons. The van der Waals surface area contributed by atoms with Gasteiger partial charge in [0.05, 0.1) is 6.04 Å². The first-order valence-corrected chi connectivity index (χ1v) is 24.5. The van der Waals surface area contributed by atoms with Gasteiger partial charge in [0.25, 0.3) is 0 Å². The standard InChI is InChI=1S/C66H54N2/c1-65(2)54-28-14-18-32-58(54)67(59-33-19-15-29-55(59)65)46-36-38-48-52(40-46)53-41-47(68-60-34-20-16-30-56(60)66(3,4)57-31-17-21-35-61(57)68)37-39-49(53)64-62(45-26-12-7-13-27-45)50(43-22-8-5-9-23-43)42-51(63(48)64)44-24-10-6-11-25-44/h5-20,22-34,36-39,41-42,46H,21,35,40H2,1-4H3. The van der Waals surface area contributed by atoms with E-state index < -0.39 is 0 Å². The van der Waals surface area contributed by atoms with Crippen molar-refractivity contribution in [3.8, 4) is 33.4 Å². The Morgan fingerprint density at radius 2 is 1.04 bits per heavy atom. The van der Waals surface area contributed by atoms with Gasteiger partial charge in [0.2, 0.25) is 0 Å². The highest BCUT2D eigenvalue weighted by atomic mass is 15.2. The number of allylic oxidation sites excluding steroid dienone is 4. The molecule has 4 aliphatic rings. The first kappa shape index (κ1) is 40.6. The number of hydrogen-bond donors (Lipinski definition) is 0. The van der Waals surface area contributed by atoms with E-state index in [0.29, 0.717) is 0 Å². The molecule has 1 unspecified atom stereocenters. The lowest BCUT2D eigenvalue weighted by Crippen LogP contribution is -2.40. The number of anilines is 4. The van der Waals surface area contributed by atoms with Gasteiger partial charge in [-0.15, -0.1) is 0 Å². The first-order chi connectivity index (χ1) is 33.3. The van der Waals surface area contributed by atoms with E-state index in [1.807, 2.05) is 0 Å². The van der Waals surface area contributed by atoms with Crippen LogP contribution in [-0.2, 0) is 17.3 Å². The summed E-state index contributed by atoms with van der Waals surface area (Å²) >= 11 is 0. The SMILES string of the molecule is CC1(C)C2=C(CCC=C2)N(c2ccc3c(c2)c2c(c4c(-c5ccccc5)cc(-c5ccccc5)c(-c5ccccc5)c43)C=CC(N3c4ccccc4C(C)(C)c4ccccc43)C2)c2ccccc21. The van der Waals surface area contributed by atoms with Crippen LogP contribution in [0.4, 0.5) is 22.7 Å². The van der Waals surface area contributed by atoms with Gasteiger partial charge in [-0.3, -0.25) is 0 Å². The summed E-state index contributed by atoms with van der Waals surface area (Å²) in [7, 11) is 0. The molecule has 0 saturated carbocycles. The molecule has 9 aromatic rings. The number of hydrogen-bond acceptors (Lipinski definition) is 2. The molecular weight excluding hydrogens is 821 g/mol. The number of rotatable bonds is 5. The predicted molar refractivity (Wildman–Crippen MR) is 288 cm³/mol. The minimum Gasteiger partial charge on any atom is -0.334 e. The molecule has 2 heterocycles. The van der Waals surface area contributed by atoms with Gasteiger partial charge in [-0.25, -0.2) is 0 Å². The molecule has 9 aromatic carbocycles. The lowest BCUT2D eigenvalue weighted by atomic mass is 9.71. The molecular formula is C66H54N2. The summed E-state index contributed by atoms with van der Waals surface area (Å²) in [5, 5.41) is 5.22. The number of fused-ring (bicyclic) bond motifs is 9. The molecule has 0 saturated heterocycles. The van der Waals surface area contributed by atoms with Crippen LogP contribution in [-0.4, -0.2) is 6.04 Å². The van der Waals surface area contributed by atoms with Gasteiger partial charge in [-0.1, -0.05) is 204 Å². The minimum atomic E-state index is -0.131. The number of nitrogens with zero attached hydrogens (tertiary/aromatic N) is 2. The predicted octanol–water partition coefficient (Wildman–Crippen LogP) is 17.4. The summed E-state index contributed by atoms with van der Waals surface area (Å²) in [6.07, 6.45) is 12.7. The van der Waals surface area contributed by atoms with Crippen molar-refractivity contribution < 1.29 is 0 Å². The largest absolute Gasteiger partial charge is 0.334 e. The van der Waals surface area contributed by atoms with Crippen molar-refractivity contribution in [1.82, 2.24) is 0 Å². The molecule has 0 aromatic heterocycles. The van der Waals surface area contributed by atoms with E-state index in [2.05, 4.69) is 250 Å². The monoisotopic (exact) mass is 874 g/mol. The normalized spacial score (nSPS) is 17.4. The average Bonchev–Trinajstić information content (AvgIpc) is 3.39. The van der Waals surface area contributed by atoms with Gasteiger partial charge in [0.15, 0.2) is 0 Å². The van der Waals surface area contributed by atoms with E-state index in [4.69, 9.17) is 0 Å². The van der Waals surface area contributed by atoms with Gasteiger partial charge in [0, 0.05) is 39.3 Å². The van der Waals surface area contributed by atoms with Crippen molar-refractivity contribution in [1.29, 1.82) is 0 Å². The molecule has 2 aliphatic heterocycles. The van der Waals surface area contributed by atoms with E-state index in [1.165, 1.54) is 117 Å². The van der Waals surface area contributed by atoms with Crippen LogP contribution in [0.1, 0.15) is 68.4 Å². The maximum atomic E-state index is 2.65. The van der Waals surface area contributed by atoms with Crippen LogP contribution in [0.2, 0.25) is 0 Å². The van der Waals surface area contributed by atoms with E-state index >= 15 is 0 Å². The Hall–Kier alpha value is -7.68. The van der Waals surface area contributed by atoms with Crippen LogP contribution in [0.3, 0.4) is 0 Å². The molecule has 68 heavy (non-hydrogen) atoms. The molecule has 0 fully saturated rings. The van der Waals surface area contributed by atoms with E-state index in [0.717, 1.165) is 19.3 Å². The lowest BCUT2D eigenvalue weighted by molar-refractivity contribution is 0.603. The molecule has 0 bridgehead atoms. The van der Waals surface area contributed by atoms with Crippen LogP contribution in [0.25, 0.3) is 61.0 Å². The molecule has 328 valence electrons. The molecule has 1 atom stereocenters. The Bertz CT molecular complexity index is 3540. The summed E-state index contributed by atoms with van der Waals surface area (Å²) in [5.41, 5.74) is 21.9. The summed E-state index contributed by atoms with van der Waals surface area (Å²) in [4.78, 5) is 5.26. The molecule has 13 rings (SSSR count). The smallest absolute Gasteiger partial charge is 0.0566 e. The Morgan fingerprint density at radius 1 is 0.485 bits per heavy atom. The van der Waals surface area contributed by atoms with Crippen LogP contribution in [0.5, 0.6) is 0 Å². The average molecular weight is 875 g/mol. The number of benzene rings is 9. The van der Waals surface area contributed by atoms with E-state index in [9.17, 15) is 0 Å². The Morgan fingerprint density at radius 3 is 1.69 bits per heavy atom. The third kappa shape index (κ3) is 6.03. The van der Waals surface area contributed by atoms with Gasteiger partial charge < -0.3 is 9.80 Å². The highest BCUT2D eigenvalue weighted by Gasteiger charge is 2.41. The topological polar surface area (TPSA) is 6.48 Å². The summed E-state index contributed by atoms with van der Waals surface area (Å²) < 4.78 is 0. The summed E-state index contributed by atoms with van der Waals surface area (Å²) in [5.74, 6) is 0. The molecule has 2 aliphatic carbocycles. The molecule has 0 N–H and O–H groups in total. The summed E-state index contributed by atoms with van der Waals surface area (Å²) in [6, 6.07) is 70.7. The van der Waals surface area contributed by atoms with Gasteiger partial charge >= 0.3 is 0 Å². The van der Waals surface area contributed by atoms with E-state index in [1.54, 1.807) is 0 Å². The fourth-order valence-corrected chi connectivity index (χ4v) is 12.6. The molecule has 2 nitrogen and oxygen atoms in total. The Balaban J connectivity index is 1.15. The fraction of sp³-hybridized carbons (Fsp3) is 0.152. The first-order valence-electron chi connectivity index (χ1n) is 24.5. The zero-order valence-electron chi connectivity index (χ0n) is 39.3. The quantitative estimate of drug-likeness (QED) is 0.159. The highest BCUT2D eigenvalue weighted by molar-refractivity contribution is 6.25. The van der Waals surface area contributed by atoms with Gasteiger partial charge in [0.1, 0.15) is 0 Å². The summed E-state index contributed by atoms with van der Waals surface area (Å²) in [6.45, 7) is 9.58. The maximum absolute atomic E-state index is 2.65. The van der Waals surface area contributed by atoms with Gasteiger partial charge in [-0.05, 0) is 144 Å². The minimum absolute atomic E-state index is 0.0804. The van der Waals surface area contributed by atoms with Gasteiger partial charge in [-0.2, -0.15) is 0 Å². The fourth-order valence-electron chi connectivity index (χ4n) is 12.6. The zero-order valence-corrected chi connectivity index (χ0v) is 39.3. The van der Waals surface area contributed by atoms with Crippen LogP contribution in [0, 0.1) is 0 Å². The van der Waals surface area contributed by atoms with Crippen molar-refractivity contribution in [3.63, 3.8) is 0 Å². The van der Waals surface area contributed by atoms with E-state index in [-0.39, 0.29) is 16.9 Å². The molecule has 2 heteroatoms. The Labute approximate surface area is 400 Å². The van der Waals surface area contributed by atoms with Crippen molar-refractivity contribution in [2.75, 3.05) is 9.80 Å². The third-order valence-corrected chi connectivity index (χ3v) is 15.8. The van der Waals surface area contributed by atoms with Crippen LogP contribution in [0.15, 0.2) is 218 Å². The van der Waals surface area contributed by atoms with Crippen LogP contribution >= 0.6 is 0 Å². The second-order valence-electron chi connectivity index (χ2n) is 20.3. The Kier molecular flexibility index (Phi) is 9.21. The molecule has 0 amide bonds. The second kappa shape index (κ2) is 15.4. The van der Waals surface area contributed by atoms with Crippen LogP contribution < -0.4 is 9.80 Å².